The second-order valence-corrected chi connectivity index (χ2v) is 6.27. The van der Waals surface area contributed by atoms with E-state index in [9.17, 15) is 17.2 Å². The van der Waals surface area contributed by atoms with E-state index in [0.717, 1.165) is 11.0 Å². The van der Waals surface area contributed by atoms with E-state index >= 15 is 0 Å². The molecule has 9 heteroatoms. The molecule has 2 rings (SSSR count). The van der Waals surface area contributed by atoms with E-state index in [1.807, 2.05) is 0 Å². The summed E-state index contributed by atoms with van der Waals surface area (Å²) in [6.07, 6.45) is -1.71. The average Bonchev–Trinajstić information content (AvgIpc) is 2.77. The third-order valence-electron chi connectivity index (χ3n) is 2.40. The lowest BCUT2D eigenvalue weighted by molar-refractivity contribution is 0.140. The summed E-state index contributed by atoms with van der Waals surface area (Å²) in [4.78, 5) is 3.33. The molecule has 102 valence electrons. The smallest absolute Gasteiger partial charge is 0.221 e. The van der Waals surface area contributed by atoms with Crippen molar-refractivity contribution in [3.8, 4) is 5.69 Å². The minimum absolute atomic E-state index is 0.0965. The lowest BCUT2D eigenvalue weighted by atomic mass is 10.2. The summed E-state index contributed by atoms with van der Waals surface area (Å²) in [5.74, 6) is -0.629. The number of hydrogen-bond donors (Lipinski definition) is 0. The van der Waals surface area contributed by atoms with Gasteiger partial charge in [-0.15, -0.1) is 5.10 Å². The van der Waals surface area contributed by atoms with Crippen LogP contribution in [0.25, 0.3) is 5.69 Å². The van der Waals surface area contributed by atoms with Crippen molar-refractivity contribution >= 4 is 19.7 Å². The van der Waals surface area contributed by atoms with Crippen molar-refractivity contribution in [3.63, 3.8) is 0 Å². The molecule has 5 nitrogen and oxygen atoms in total. The van der Waals surface area contributed by atoms with Gasteiger partial charge in [-0.25, -0.2) is 26.9 Å². The molecule has 0 spiro atoms. The first-order valence-corrected chi connectivity index (χ1v) is 7.35. The highest BCUT2D eigenvalue weighted by Gasteiger charge is 2.17. The average molecular weight is 308 g/mol. The van der Waals surface area contributed by atoms with Crippen LogP contribution in [0.4, 0.5) is 8.78 Å². The highest BCUT2D eigenvalue weighted by Crippen LogP contribution is 2.23. The lowest BCUT2D eigenvalue weighted by Crippen LogP contribution is -2.01. The minimum atomic E-state index is -3.91. The van der Waals surface area contributed by atoms with Gasteiger partial charge in [0.05, 0.1) is 10.6 Å². The Labute approximate surface area is 112 Å². The third-order valence-corrected chi connectivity index (χ3v) is 3.87. The normalized spacial score (nSPS) is 12.1. The fourth-order valence-corrected chi connectivity index (χ4v) is 2.71. The molecule has 1 heterocycles. The molecule has 0 radical (unpaired) electrons. The van der Waals surface area contributed by atoms with Gasteiger partial charge in [0.15, 0.2) is 0 Å². The van der Waals surface area contributed by atoms with Crippen LogP contribution in [0, 0.1) is 6.92 Å². The van der Waals surface area contributed by atoms with E-state index in [0.29, 0.717) is 5.56 Å². The van der Waals surface area contributed by atoms with E-state index in [1.54, 1.807) is 6.92 Å². The number of alkyl halides is 2. The summed E-state index contributed by atoms with van der Waals surface area (Å²) in [5, 5.41) is 3.55. The summed E-state index contributed by atoms with van der Waals surface area (Å²) in [6.45, 7) is 1.57. The van der Waals surface area contributed by atoms with Gasteiger partial charge in [-0.2, -0.15) is 0 Å². The molecule has 1 aromatic heterocycles. The van der Waals surface area contributed by atoms with Crippen LogP contribution in [0.2, 0.25) is 0 Å². The number of nitrogens with zero attached hydrogens (tertiary/aromatic N) is 3. The van der Waals surface area contributed by atoms with Crippen LogP contribution >= 0.6 is 10.7 Å². The standard InChI is InChI=1S/C10H8ClF2N3O2S/c1-6-2-3-7(4-8(6)19(11,17)18)16-5-14-10(15-16)9(12)13/h2-5,9H,1H3. The summed E-state index contributed by atoms with van der Waals surface area (Å²) >= 11 is 0. The maximum atomic E-state index is 12.4. The number of benzene rings is 1. The second-order valence-electron chi connectivity index (χ2n) is 3.74. The highest BCUT2D eigenvalue weighted by molar-refractivity contribution is 8.13. The van der Waals surface area contributed by atoms with E-state index in [4.69, 9.17) is 10.7 Å². The highest BCUT2D eigenvalue weighted by atomic mass is 35.7. The Hall–Kier alpha value is -1.54. The van der Waals surface area contributed by atoms with Crippen LogP contribution in [0.3, 0.4) is 0 Å². The molecule has 0 aliphatic carbocycles. The first-order valence-electron chi connectivity index (χ1n) is 5.04. The van der Waals surface area contributed by atoms with Gasteiger partial charge >= 0.3 is 0 Å². The van der Waals surface area contributed by atoms with Gasteiger partial charge in [0.1, 0.15) is 6.33 Å². The molecule has 0 aliphatic rings. The molecule has 1 aromatic carbocycles. The molecule has 0 saturated carbocycles. The van der Waals surface area contributed by atoms with Crippen LogP contribution in [-0.2, 0) is 9.05 Å². The Morgan fingerprint density at radius 2 is 2.05 bits per heavy atom. The lowest BCUT2D eigenvalue weighted by Gasteiger charge is -2.05. The van der Waals surface area contributed by atoms with Crippen molar-refractivity contribution in [3.05, 3.63) is 35.9 Å². The second kappa shape index (κ2) is 4.86. The molecule has 0 atom stereocenters. The van der Waals surface area contributed by atoms with Crippen LogP contribution < -0.4 is 0 Å². The van der Waals surface area contributed by atoms with Crippen molar-refractivity contribution < 1.29 is 17.2 Å². The van der Waals surface area contributed by atoms with Crippen molar-refractivity contribution in [2.75, 3.05) is 0 Å². The topological polar surface area (TPSA) is 64.8 Å². The Kier molecular flexibility index (Phi) is 3.55. The van der Waals surface area contributed by atoms with E-state index in [1.165, 1.54) is 18.2 Å². The van der Waals surface area contributed by atoms with Gasteiger partial charge in [-0.1, -0.05) is 6.07 Å². The van der Waals surface area contributed by atoms with Crippen LogP contribution in [0.1, 0.15) is 17.8 Å². The van der Waals surface area contributed by atoms with E-state index < -0.39 is 21.3 Å². The maximum Gasteiger partial charge on any atom is 0.299 e. The minimum Gasteiger partial charge on any atom is -0.221 e. The van der Waals surface area contributed by atoms with Gasteiger partial charge in [-0.05, 0) is 24.6 Å². The van der Waals surface area contributed by atoms with Crippen LogP contribution in [-0.4, -0.2) is 23.2 Å². The van der Waals surface area contributed by atoms with E-state index in [2.05, 4.69) is 10.1 Å². The molecule has 0 N–H and O–H groups in total. The summed E-state index contributed by atoms with van der Waals surface area (Å²) < 4.78 is 48.5. The fourth-order valence-electron chi connectivity index (χ4n) is 1.49. The molecule has 2 aromatic rings. The van der Waals surface area contributed by atoms with Crippen LogP contribution in [0.15, 0.2) is 29.4 Å². The molecular weight excluding hydrogens is 300 g/mol. The SMILES string of the molecule is Cc1ccc(-n2cnc(C(F)F)n2)cc1S(=O)(=O)Cl. The first-order chi connectivity index (χ1) is 8.79. The van der Waals surface area contributed by atoms with Crippen LogP contribution in [0.5, 0.6) is 0 Å². The summed E-state index contributed by atoms with van der Waals surface area (Å²) in [7, 11) is 1.37. The molecule has 0 bridgehead atoms. The largest absolute Gasteiger partial charge is 0.299 e. The number of aromatic nitrogens is 3. The Balaban J connectivity index is 2.51. The number of rotatable bonds is 3. The Morgan fingerprint density at radius 3 is 2.58 bits per heavy atom. The van der Waals surface area contributed by atoms with Crippen molar-refractivity contribution in [1.29, 1.82) is 0 Å². The van der Waals surface area contributed by atoms with Gasteiger partial charge in [0, 0.05) is 10.7 Å². The molecule has 0 amide bonds. The summed E-state index contributed by atoms with van der Waals surface area (Å²) in [5.41, 5.74) is 0.733. The van der Waals surface area contributed by atoms with Gasteiger partial charge in [0.25, 0.3) is 15.5 Å². The predicted octanol–water partition coefficient (Wildman–Crippen LogP) is 2.44. The zero-order valence-electron chi connectivity index (χ0n) is 9.59. The molecule has 0 aliphatic heterocycles. The quantitative estimate of drug-likeness (QED) is 0.817. The predicted molar refractivity (Wildman–Crippen MR) is 64.1 cm³/mol. The molecule has 0 unspecified atom stereocenters. The molecular formula is C10H8ClF2N3O2S. The van der Waals surface area contributed by atoms with Crippen molar-refractivity contribution in [2.24, 2.45) is 0 Å². The zero-order chi connectivity index (χ0) is 14.2. The molecule has 0 fully saturated rings. The van der Waals surface area contributed by atoms with Gasteiger partial charge in [0.2, 0.25) is 5.82 Å². The first kappa shape index (κ1) is 13.9. The summed E-state index contributed by atoms with van der Waals surface area (Å²) in [6, 6.07) is 4.29. The third kappa shape index (κ3) is 2.90. The van der Waals surface area contributed by atoms with Gasteiger partial charge in [-0.3, -0.25) is 0 Å². The fraction of sp³-hybridized carbons (Fsp3) is 0.200. The Morgan fingerprint density at radius 1 is 1.37 bits per heavy atom. The molecule has 19 heavy (non-hydrogen) atoms. The number of hydrogen-bond acceptors (Lipinski definition) is 4. The van der Waals surface area contributed by atoms with Crippen molar-refractivity contribution in [2.45, 2.75) is 18.2 Å². The molecule has 0 saturated heterocycles. The van der Waals surface area contributed by atoms with Gasteiger partial charge < -0.3 is 0 Å². The van der Waals surface area contributed by atoms with E-state index in [-0.39, 0.29) is 10.6 Å². The van der Waals surface area contributed by atoms with Crippen molar-refractivity contribution in [1.82, 2.24) is 14.8 Å². The Bertz CT molecular complexity index is 715. The number of halogens is 3. The monoisotopic (exact) mass is 307 g/mol. The number of aryl methyl sites for hydroxylation is 1. The zero-order valence-corrected chi connectivity index (χ0v) is 11.2. The maximum absolute atomic E-state index is 12.4.